The summed E-state index contributed by atoms with van der Waals surface area (Å²) in [5.74, 6) is 0. The first kappa shape index (κ1) is 22.8. The zero-order chi connectivity index (χ0) is 0. The van der Waals surface area contributed by atoms with Crippen molar-refractivity contribution in [3.05, 3.63) is 0 Å². The Morgan fingerprint density at radius 2 is 0.500 bits per heavy atom. The van der Waals surface area contributed by atoms with Crippen LogP contribution in [0.25, 0.3) is 0 Å². The van der Waals surface area contributed by atoms with E-state index >= 15 is 0 Å². The van der Waals surface area contributed by atoms with Gasteiger partial charge in [0, 0.05) is 0 Å². The molecule has 0 spiro atoms. The second kappa shape index (κ2) is 15.8. The molecular formula is H3K3P+3. The fourth-order valence-corrected chi connectivity index (χ4v) is 0. The van der Waals surface area contributed by atoms with Crippen molar-refractivity contribution in [1.29, 1.82) is 0 Å². The molecule has 0 N–H and O–H groups in total. The largest absolute Gasteiger partial charge is 1.00 e. The summed E-state index contributed by atoms with van der Waals surface area (Å²) in [5.41, 5.74) is 0. The van der Waals surface area contributed by atoms with Crippen LogP contribution < -0.4 is 154 Å². The van der Waals surface area contributed by atoms with E-state index in [-0.39, 0.29) is 164 Å². The van der Waals surface area contributed by atoms with E-state index in [9.17, 15) is 0 Å². The smallest absolute Gasteiger partial charge is 0.153 e. The van der Waals surface area contributed by atoms with Gasteiger partial charge in [-0.2, -0.15) is 9.90 Å². The number of rotatable bonds is 0. The molecular weight excluding hydrogens is 148 g/mol. The normalized spacial score (nSPS) is 0. The van der Waals surface area contributed by atoms with Crippen LogP contribution in [0.15, 0.2) is 0 Å². The molecule has 1 unspecified atom stereocenters. The first-order valence-electron chi connectivity index (χ1n) is 0. The fourth-order valence-electron chi connectivity index (χ4n) is 0. The Bertz CT molecular complexity index is 3.25. The molecule has 0 aromatic carbocycles. The van der Waals surface area contributed by atoms with Gasteiger partial charge in [-0.15, -0.1) is 0 Å². The van der Waals surface area contributed by atoms with E-state index in [4.69, 9.17) is 0 Å². The molecule has 0 radical (unpaired) electrons. The van der Waals surface area contributed by atoms with Crippen molar-refractivity contribution in [1.82, 2.24) is 0 Å². The number of hydrogen-bond donors (Lipinski definition) is 0. The molecule has 8 valence electrons. The molecule has 0 aromatic rings. The van der Waals surface area contributed by atoms with Crippen molar-refractivity contribution in [2.75, 3.05) is 0 Å². The molecule has 4 heavy (non-hydrogen) atoms. The molecule has 0 bridgehead atoms. The molecule has 0 fully saturated rings. The molecule has 1 atom stereocenters. The first-order valence-corrected chi connectivity index (χ1v) is 0. The maximum Gasteiger partial charge on any atom is 1.00 e. The van der Waals surface area contributed by atoms with Crippen LogP contribution in [0, 0.1) is 0 Å². The van der Waals surface area contributed by atoms with Gasteiger partial charge in [0.05, 0.1) is 0 Å². The molecule has 0 rings (SSSR count). The van der Waals surface area contributed by atoms with Gasteiger partial charge in [-0.1, -0.05) is 0 Å². The Morgan fingerprint density at radius 1 is 0.500 bits per heavy atom. The zero-order valence-electron chi connectivity index (χ0n) is 3.71. The molecule has 0 aliphatic rings. The monoisotopic (exact) mass is 151 g/mol. The summed E-state index contributed by atoms with van der Waals surface area (Å²) in [6.45, 7) is 0. The molecule has 0 heterocycles. The third-order valence-corrected chi connectivity index (χ3v) is 0. The van der Waals surface area contributed by atoms with Crippen LogP contribution in [0.3, 0.4) is 0 Å². The minimum atomic E-state index is 0. The average molecular weight is 151 g/mol. The van der Waals surface area contributed by atoms with Crippen LogP contribution in [-0.2, 0) is 0 Å². The van der Waals surface area contributed by atoms with Gasteiger partial charge in [0.1, 0.15) is 0 Å². The van der Waals surface area contributed by atoms with E-state index in [2.05, 4.69) is 0 Å². The van der Waals surface area contributed by atoms with Gasteiger partial charge < -0.3 is 0 Å². The summed E-state index contributed by atoms with van der Waals surface area (Å²) in [6, 6.07) is 0. The van der Waals surface area contributed by atoms with Crippen LogP contribution in [0.1, 0.15) is 0 Å². The van der Waals surface area contributed by atoms with Crippen molar-refractivity contribution in [3.63, 3.8) is 0 Å². The Balaban J connectivity index is 0. The van der Waals surface area contributed by atoms with Crippen molar-refractivity contribution in [3.8, 4) is 0 Å². The van der Waals surface area contributed by atoms with Crippen molar-refractivity contribution < 1.29 is 154 Å². The molecule has 0 saturated heterocycles. The second-order valence-electron chi connectivity index (χ2n) is 0. The Kier molecular flexibility index (Phi) is 89.7. The van der Waals surface area contributed by atoms with Gasteiger partial charge in [0.25, 0.3) is 0 Å². The van der Waals surface area contributed by atoms with Crippen LogP contribution in [0.4, 0.5) is 0 Å². The van der Waals surface area contributed by atoms with Crippen molar-refractivity contribution >= 4 is 9.90 Å². The topological polar surface area (TPSA) is 0 Å². The molecule has 4 heteroatoms. The molecule has 0 amide bonds. The number of hydrogen-bond acceptors (Lipinski definition) is 0. The van der Waals surface area contributed by atoms with Crippen LogP contribution in [0.2, 0.25) is 0 Å². The third kappa shape index (κ3) is 10.3. The van der Waals surface area contributed by atoms with Crippen LogP contribution in [0.5, 0.6) is 0 Å². The standard InChI is InChI=1S/3K.H3P/h;;;1H3/q3*+1;. The second-order valence-corrected chi connectivity index (χ2v) is 0. The summed E-state index contributed by atoms with van der Waals surface area (Å²) < 4.78 is 0. The van der Waals surface area contributed by atoms with E-state index in [1.54, 1.807) is 0 Å². The SMILES string of the molecule is P.[K+].[K+].[K+]. The van der Waals surface area contributed by atoms with E-state index in [1.807, 2.05) is 0 Å². The predicted octanol–water partition coefficient (Wildman–Crippen LogP) is -8.93. The minimum absolute atomic E-state index is 0. The van der Waals surface area contributed by atoms with E-state index in [1.165, 1.54) is 0 Å². The quantitative estimate of drug-likeness (QED) is 0.238. The van der Waals surface area contributed by atoms with Crippen molar-refractivity contribution in [2.24, 2.45) is 0 Å². The summed E-state index contributed by atoms with van der Waals surface area (Å²) in [4.78, 5) is 0. The molecule has 0 saturated carbocycles. The van der Waals surface area contributed by atoms with Gasteiger partial charge in [-0.3, -0.25) is 0 Å². The summed E-state index contributed by atoms with van der Waals surface area (Å²) >= 11 is 0. The average Bonchev–Trinajstić information content (AvgIpc) is 0. The summed E-state index contributed by atoms with van der Waals surface area (Å²) in [6.07, 6.45) is 0. The van der Waals surface area contributed by atoms with Crippen molar-refractivity contribution in [2.45, 2.75) is 0 Å². The third-order valence-electron chi connectivity index (χ3n) is 0. The van der Waals surface area contributed by atoms with Crippen LogP contribution in [-0.4, -0.2) is 0 Å². The van der Waals surface area contributed by atoms with Gasteiger partial charge in [-0.25, -0.2) is 0 Å². The fraction of sp³-hybridized carbons (Fsp3) is 0. The maximum absolute atomic E-state index is 0. The summed E-state index contributed by atoms with van der Waals surface area (Å²) in [5, 5.41) is 0. The predicted molar refractivity (Wildman–Crippen MR) is 11.1 cm³/mol. The molecule has 0 aromatic heterocycles. The van der Waals surface area contributed by atoms with Gasteiger partial charge in [0.15, 0.2) is 0 Å². The first-order chi connectivity index (χ1) is 0. The van der Waals surface area contributed by atoms with Gasteiger partial charge in [0.2, 0.25) is 0 Å². The van der Waals surface area contributed by atoms with E-state index < -0.39 is 0 Å². The summed E-state index contributed by atoms with van der Waals surface area (Å²) in [7, 11) is 0. The van der Waals surface area contributed by atoms with Crippen LogP contribution >= 0.6 is 9.90 Å². The Morgan fingerprint density at radius 3 is 0.500 bits per heavy atom. The maximum atomic E-state index is 0. The molecule has 0 nitrogen and oxygen atoms in total. The van der Waals surface area contributed by atoms with Gasteiger partial charge >= 0.3 is 154 Å². The van der Waals surface area contributed by atoms with Gasteiger partial charge in [-0.05, 0) is 0 Å². The molecule has 0 aliphatic heterocycles. The Labute approximate surface area is 158 Å². The molecule has 0 aliphatic carbocycles. The van der Waals surface area contributed by atoms with E-state index in [0.717, 1.165) is 0 Å². The Hall–Kier alpha value is 5.34. The zero-order valence-corrected chi connectivity index (χ0v) is 14.5. The van der Waals surface area contributed by atoms with E-state index in [0.29, 0.717) is 0 Å². The minimum Gasteiger partial charge on any atom is -0.153 e.